The van der Waals surface area contributed by atoms with Crippen LogP contribution in [0.15, 0.2) is 45.3 Å². The minimum Gasteiger partial charge on any atom is -0.444 e. The van der Waals surface area contributed by atoms with Crippen LogP contribution in [-0.2, 0) is 17.6 Å². The van der Waals surface area contributed by atoms with E-state index in [1.165, 1.54) is 67.1 Å². The number of nitrogens with one attached hydrogen (secondary N) is 1. The number of rotatable bonds is 13. The van der Waals surface area contributed by atoms with Crippen molar-refractivity contribution in [3.05, 3.63) is 65.9 Å². The Hall–Kier alpha value is -1.83. The van der Waals surface area contributed by atoms with E-state index in [0.29, 0.717) is 0 Å². The number of likely N-dealkylation sites (tertiary alicyclic amines) is 1. The van der Waals surface area contributed by atoms with E-state index >= 15 is 0 Å². The number of benzene rings is 1. The predicted octanol–water partition coefficient (Wildman–Crippen LogP) is 7.83. The fraction of sp³-hybridized carbons (Fsp3) is 0.567. The van der Waals surface area contributed by atoms with Crippen molar-refractivity contribution >= 4 is 28.2 Å². The van der Waals surface area contributed by atoms with Gasteiger partial charge in [0.05, 0.1) is 22.4 Å². The summed E-state index contributed by atoms with van der Waals surface area (Å²) in [6, 6.07) is 9.15. The summed E-state index contributed by atoms with van der Waals surface area (Å²) in [6.07, 6.45) is 13.5. The molecule has 2 aromatic heterocycles. The number of piperidine rings is 1. The van der Waals surface area contributed by atoms with Crippen molar-refractivity contribution in [2.75, 3.05) is 31.5 Å². The summed E-state index contributed by atoms with van der Waals surface area (Å²) in [5.74, 6) is 3.18. The van der Waals surface area contributed by atoms with Gasteiger partial charge >= 0.3 is 0 Å². The molecule has 1 N–H and O–H groups in total. The summed E-state index contributed by atoms with van der Waals surface area (Å²) in [4.78, 5) is 11.7. The molecule has 3 heterocycles. The van der Waals surface area contributed by atoms with Crippen molar-refractivity contribution in [1.29, 1.82) is 0 Å². The predicted molar refractivity (Wildman–Crippen MR) is 158 cm³/mol. The molecule has 0 bridgehead atoms. The van der Waals surface area contributed by atoms with Crippen LogP contribution in [0, 0.1) is 12.3 Å². The molecule has 1 radical (unpaired) electrons. The molecule has 1 aromatic carbocycles. The molecule has 1 aliphatic heterocycles. The number of oxazole rings is 1. The summed E-state index contributed by atoms with van der Waals surface area (Å²) in [6.45, 7) is 13.3. The zero-order valence-electron chi connectivity index (χ0n) is 23.0. The average Bonchev–Trinajstić information content (AvgIpc) is 3.56. The summed E-state index contributed by atoms with van der Waals surface area (Å²) < 4.78 is 7.10. The van der Waals surface area contributed by atoms with E-state index in [1.54, 1.807) is 23.1 Å². The molecule has 0 saturated carbocycles. The van der Waals surface area contributed by atoms with Crippen LogP contribution in [0.2, 0.25) is 0 Å². The average molecular weight is 540 g/mol. The Morgan fingerprint density at radius 1 is 1.14 bits per heavy atom. The number of hydrogen-bond donors (Lipinski definition) is 1. The Morgan fingerprint density at radius 2 is 1.92 bits per heavy atom. The third kappa shape index (κ3) is 9.15. The van der Waals surface area contributed by atoms with Gasteiger partial charge in [0.15, 0.2) is 5.13 Å². The van der Waals surface area contributed by atoms with Crippen molar-refractivity contribution in [3.63, 3.8) is 0 Å². The highest BCUT2D eigenvalue weighted by Gasteiger charge is 2.20. The maximum absolute atomic E-state index is 5.91. The second kappa shape index (κ2) is 13.8. The minimum absolute atomic E-state index is 0.00683. The van der Waals surface area contributed by atoms with Crippen LogP contribution in [0.1, 0.15) is 82.6 Å². The Morgan fingerprint density at radius 3 is 2.62 bits per heavy atom. The van der Waals surface area contributed by atoms with Crippen LogP contribution in [-0.4, -0.2) is 41.0 Å². The molecular weight excluding hydrogens is 496 g/mol. The monoisotopic (exact) mass is 539 g/mol. The number of unbranched alkanes of at least 4 members (excludes halogenated alkanes) is 1. The third-order valence-electron chi connectivity index (χ3n) is 6.95. The Kier molecular flexibility index (Phi) is 10.5. The maximum atomic E-state index is 5.91. The zero-order chi connectivity index (χ0) is 26.1. The highest BCUT2D eigenvalue weighted by Crippen LogP contribution is 2.32. The van der Waals surface area contributed by atoms with Gasteiger partial charge in [-0.1, -0.05) is 69.7 Å². The Balaban J connectivity index is 1.09. The molecule has 1 aliphatic rings. The van der Waals surface area contributed by atoms with E-state index in [2.05, 4.69) is 78.6 Å². The molecule has 5 nitrogen and oxygen atoms in total. The molecule has 0 amide bonds. The van der Waals surface area contributed by atoms with Crippen molar-refractivity contribution in [2.24, 2.45) is 5.92 Å². The summed E-state index contributed by atoms with van der Waals surface area (Å²) in [7, 11) is 0. The van der Waals surface area contributed by atoms with Gasteiger partial charge in [0.1, 0.15) is 5.76 Å². The molecule has 3 aromatic rings. The second-order valence-electron chi connectivity index (χ2n) is 11.1. The van der Waals surface area contributed by atoms with Gasteiger partial charge in [0, 0.05) is 12.0 Å². The largest absolute Gasteiger partial charge is 0.444 e. The van der Waals surface area contributed by atoms with E-state index in [0.717, 1.165) is 41.4 Å². The first-order valence-electron chi connectivity index (χ1n) is 13.8. The first-order valence-corrected chi connectivity index (χ1v) is 15.6. The number of hydrogen-bond acceptors (Lipinski definition) is 7. The van der Waals surface area contributed by atoms with E-state index in [1.807, 2.05) is 12.4 Å². The number of anilines is 1. The number of nitrogens with zero attached hydrogens (tertiary/aromatic N) is 3. The zero-order valence-corrected chi connectivity index (χ0v) is 24.6. The van der Waals surface area contributed by atoms with Gasteiger partial charge in [-0.05, 0) is 75.2 Å². The normalized spacial score (nSPS) is 15.4. The van der Waals surface area contributed by atoms with Crippen molar-refractivity contribution < 1.29 is 4.42 Å². The number of aryl methyl sites for hydroxylation is 1. The van der Waals surface area contributed by atoms with E-state index < -0.39 is 0 Å². The van der Waals surface area contributed by atoms with Gasteiger partial charge in [-0.2, -0.15) is 0 Å². The van der Waals surface area contributed by atoms with Gasteiger partial charge in [0.25, 0.3) is 0 Å². The van der Waals surface area contributed by atoms with Crippen molar-refractivity contribution in [2.45, 2.75) is 81.6 Å². The van der Waals surface area contributed by atoms with Gasteiger partial charge in [-0.15, -0.1) is 11.8 Å². The van der Waals surface area contributed by atoms with Crippen LogP contribution in [0.25, 0.3) is 0 Å². The van der Waals surface area contributed by atoms with E-state index in [9.17, 15) is 0 Å². The fourth-order valence-electron chi connectivity index (χ4n) is 4.55. The molecule has 0 aliphatic carbocycles. The number of aromatic nitrogens is 2. The lowest BCUT2D eigenvalue weighted by atomic mass is 9.94. The smallest absolute Gasteiger partial charge is 0.204 e. The van der Waals surface area contributed by atoms with Crippen molar-refractivity contribution in [3.8, 4) is 0 Å². The highest BCUT2D eigenvalue weighted by atomic mass is 32.2. The maximum Gasteiger partial charge on any atom is 0.204 e. The van der Waals surface area contributed by atoms with Crippen LogP contribution < -0.4 is 5.32 Å². The second-order valence-corrected chi connectivity index (χ2v) is 13.5. The van der Waals surface area contributed by atoms with Crippen LogP contribution in [0.3, 0.4) is 0 Å². The molecule has 201 valence electrons. The quantitative estimate of drug-likeness (QED) is 0.223. The molecule has 1 saturated heterocycles. The first kappa shape index (κ1) is 28.2. The van der Waals surface area contributed by atoms with Crippen LogP contribution in [0.5, 0.6) is 0 Å². The van der Waals surface area contributed by atoms with Crippen LogP contribution >= 0.6 is 23.1 Å². The first-order chi connectivity index (χ1) is 17.9. The topological polar surface area (TPSA) is 54.2 Å². The van der Waals surface area contributed by atoms with Gasteiger partial charge < -0.3 is 14.6 Å². The standard InChI is InChI=1S/C30H43N4OS2/c1-5-6-8-23-10-12-24(13-11-23)9-7-16-34-17-14-25(15-18-34)19-32-29-33-21-28(37-29)36-22-27-31-20-26(35-27)30(2,3)4/h8,10-13,20-21,25H,5-7,9,14-19,22H2,1-4H3,(H,32,33). The molecule has 0 spiro atoms. The minimum atomic E-state index is -0.00683. The van der Waals surface area contributed by atoms with E-state index in [-0.39, 0.29) is 5.41 Å². The lowest BCUT2D eigenvalue weighted by Crippen LogP contribution is -2.36. The molecule has 0 unspecified atom stereocenters. The summed E-state index contributed by atoms with van der Waals surface area (Å²) in [5.41, 5.74) is 2.81. The lowest BCUT2D eigenvalue weighted by molar-refractivity contribution is 0.188. The third-order valence-corrected chi connectivity index (χ3v) is 9.09. The molecule has 4 rings (SSSR count). The number of thioether (sulfide) groups is 1. The van der Waals surface area contributed by atoms with Gasteiger partial charge in [0.2, 0.25) is 5.89 Å². The Labute approximate surface area is 231 Å². The Bertz CT molecular complexity index is 1060. The molecule has 7 heteroatoms. The summed E-state index contributed by atoms with van der Waals surface area (Å²) >= 11 is 3.47. The number of thiazole rings is 1. The van der Waals surface area contributed by atoms with Gasteiger partial charge in [-0.3, -0.25) is 0 Å². The van der Waals surface area contributed by atoms with Crippen molar-refractivity contribution in [1.82, 2.24) is 14.9 Å². The lowest BCUT2D eigenvalue weighted by Gasteiger charge is -2.32. The molecular formula is C30H43N4OS2. The highest BCUT2D eigenvalue weighted by molar-refractivity contribution is 8.00. The summed E-state index contributed by atoms with van der Waals surface area (Å²) in [5, 5.41) is 4.61. The van der Waals surface area contributed by atoms with E-state index in [4.69, 9.17) is 4.42 Å². The van der Waals surface area contributed by atoms with Crippen LogP contribution in [0.4, 0.5) is 5.13 Å². The van der Waals surface area contributed by atoms with Gasteiger partial charge in [-0.25, -0.2) is 9.97 Å². The molecule has 0 atom stereocenters. The molecule has 37 heavy (non-hydrogen) atoms. The SMILES string of the molecule is CCC[CH]c1ccc(CCCN2CCC(CNc3ncc(SCc4ncc(C(C)(C)C)o4)s3)CC2)cc1. The molecule has 1 fully saturated rings. The fourth-order valence-corrected chi connectivity index (χ4v) is 6.28.